The van der Waals surface area contributed by atoms with Crippen molar-refractivity contribution in [3.05, 3.63) is 59.8 Å². The zero-order chi connectivity index (χ0) is 24.4. The predicted octanol–water partition coefficient (Wildman–Crippen LogP) is 0.561. The van der Waals surface area contributed by atoms with E-state index in [9.17, 15) is 9.59 Å². The fourth-order valence-corrected chi connectivity index (χ4v) is 4.47. The minimum Gasteiger partial charge on any atom is -0.379 e. The lowest BCUT2D eigenvalue weighted by molar-refractivity contribution is -0.120. The predicted molar refractivity (Wildman–Crippen MR) is 128 cm³/mol. The molecule has 2 aromatic heterocycles. The van der Waals surface area contributed by atoms with Crippen LogP contribution in [0.1, 0.15) is 28.3 Å². The van der Waals surface area contributed by atoms with Gasteiger partial charge in [0, 0.05) is 52.8 Å². The van der Waals surface area contributed by atoms with Crippen molar-refractivity contribution in [1.82, 2.24) is 34.8 Å². The van der Waals surface area contributed by atoms with Gasteiger partial charge < -0.3 is 10.1 Å². The molecule has 184 valence electrons. The number of likely N-dealkylation sites (N-methyl/N-ethyl adjacent to an activating group) is 1. The van der Waals surface area contributed by atoms with E-state index in [1.54, 1.807) is 23.7 Å². The van der Waals surface area contributed by atoms with E-state index in [0.717, 1.165) is 43.1 Å². The Morgan fingerprint density at radius 3 is 2.77 bits per heavy atom. The number of ether oxygens (including phenoxy) is 1. The van der Waals surface area contributed by atoms with Crippen molar-refractivity contribution in [3.8, 4) is 0 Å². The van der Waals surface area contributed by atoms with Crippen LogP contribution in [0.4, 0.5) is 5.82 Å². The Balaban J connectivity index is 1.18. The fourth-order valence-electron chi connectivity index (χ4n) is 4.47. The SMILES string of the molecule is COC1CN(CCc2cc3n(n2)CC[C@H](NC(=O)c2ncn(Cc4ccccc4)n2)C(=O)N3C)C1. The van der Waals surface area contributed by atoms with Gasteiger partial charge in [-0.3, -0.25) is 19.4 Å². The molecule has 2 aliphatic heterocycles. The van der Waals surface area contributed by atoms with Gasteiger partial charge in [0.2, 0.25) is 5.82 Å². The van der Waals surface area contributed by atoms with Crippen LogP contribution in [-0.2, 0) is 29.0 Å². The summed E-state index contributed by atoms with van der Waals surface area (Å²) in [5.74, 6) is 0.137. The van der Waals surface area contributed by atoms with Gasteiger partial charge in [-0.2, -0.15) is 5.10 Å². The van der Waals surface area contributed by atoms with Crippen molar-refractivity contribution in [1.29, 1.82) is 0 Å². The first-order valence-electron chi connectivity index (χ1n) is 11.8. The summed E-state index contributed by atoms with van der Waals surface area (Å²) in [5.41, 5.74) is 2.01. The summed E-state index contributed by atoms with van der Waals surface area (Å²) in [6.07, 6.45) is 3.11. The second-order valence-corrected chi connectivity index (χ2v) is 9.05. The van der Waals surface area contributed by atoms with Crippen molar-refractivity contribution in [3.63, 3.8) is 0 Å². The van der Waals surface area contributed by atoms with E-state index >= 15 is 0 Å². The molecule has 1 aromatic carbocycles. The summed E-state index contributed by atoms with van der Waals surface area (Å²) >= 11 is 0. The Morgan fingerprint density at radius 1 is 1.20 bits per heavy atom. The molecule has 1 fully saturated rings. The molecule has 0 bridgehead atoms. The Labute approximate surface area is 203 Å². The molecular weight excluding hydrogens is 448 g/mol. The van der Waals surface area contributed by atoms with Crippen LogP contribution in [-0.4, -0.2) is 87.2 Å². The highest BCUT2D eigenvalue weighted by Gasteiger charge is 2.32. The van der Waals surface area contributed by atoms with Crippen molar-refractivity contribution in [2.24, 2.45) is 0 Å². The van der Waals surface area contributed by atoms with Crippen LogP contribution >= 0.6 is 0 Å². The number of rotatable bonds is 8. The molecule has 0 radical (unpaired) electrons. The molecule has 1 atom stereocenters. The molecule has 0 spiro atoms. The number of aryl methyl sites for hydroxylation is 1. The van der Waals surface area contributed by atoms with Crippen LogP contribution in [0.25, 0.3) is 0 Å². The molecule has 1 N–H and O–H groups in total. The molecule has 11 nitrogen and oxygen atoms in total. The molecule has 5 rings (SSSR count). The monoisotopic (exact) mass is 478 g/mol. The molecular formula is C24H30N8O3. The second-order valence-electron chi connectivity index (χ2n) is 9.05. The average Bonchev–Trinajstić information content (AvgIpc) is 3.45. The number of likely N-dealkylation sites (tertiary alicyclic amines) is 1. The highest BCUT2D eigenvalue weighted by molar-refractivity contribution is 6.00. The third-order valence-corrected chi connectivity index (χ3v) is 6.58. The summed E-state index contributed by atoms with van der Waals surface area (Å²) in [7, 11) is 3.46. The lowest BCUT2D eigenvalue weighted by Crippen LogP contribution is -2.52. The maximum absolute atomic E-state index is 13.1. The van der Waals surface area contributed by atoms with Crippen LogP contribution in [0, 0.1) is 0 Å². The van der Waals surface area contributed by atoms with Gasteiger partial charge in [-0.15, -0.1) is 5.10 Å². The first-order chi connectivity index (χ1) is 17.0. The highest BCUT2D eigenvalue weighted by atomic mass is 16.5. The molecule has 2 amide bonds. The number of methoxy groups -OCH3 is 1. The maximum atomic E-state index is 13.1. The topological polar surface area (TPSA) is 110 Å². The molecule has 1 saturated heterocycles. The number of carbonyl (C=O) groups is 2. The number of hydrogen-bond donors (Lipinski definition) is 1. The standard InChI is InChI=1S/C24H30N8O3/c1-29-21-12-18(8-10-30-14-19(15-30)35-2)27-32(21)11-9-20(24(29)34)26-23(33)22-25-16-31(28-22)13-17-6-4-3-5-7-17/h3-7,12,16,19-20H,8-11,13-15H2,1-2H3,(H,26,33)/t20-/m0/s1. The van der Waals surface area contributed by atoms with Gasteiger partial charge in [0.05, 0.1) is 18.3 Å². The Kier molecular flexibility index (Phi) is 6.60. The third kappa shape index (κ3) is 5.10. The smallest absolute Gasteiger partial charge is 0.291 e. The normalized spacial score (nSPS) is 18.7. The van der Waals surface area contributed by atoms with Crippen molar-refractivity contribution >= 4 is 17.6 Å². The number of carbonyl (C=O) groups excluding carboxylic acids is 2. The number of nitrogens with zero attached hydrogens (tertiary/aromatic N) is 7. The molecule has 0 saturated carbocycles. The molecule has 2 aliphatic rings. The Bertz CT molecular complexity index is 1180. The molecule has 0 aliphatic carbocycles. The zero-order valence-corrected chi connectivity index (χ0v) is 20.0. The zero-order valence-electron chi connectivity index (χ0n) is 20.0. The van der Waals surface area contributed by atoms with Crippen molar-refractivity contribution in [2.45, 2.75) is 38.1 Å². The summed E-state index contributed by atoms with van der Waals surface area (Å²) in [6.45, 7) is 3.85. The maximum Gasteiger partial charge on any atom is 0.291 e. The number of hydrogen-bond acceptors (Lipinski definition) is 7. The van der Waals surface area contributed by atoms with E-state index in [0.29, 0.717) is 25.6 Å². The van der Waals surface area contributed by atoms with E-state index in [4.69, 9.17) is 9.84 Å². The van der Waals surface area contributed by atoms with Gasteiger partial charge in [0.25, 0.3) is 11.8 Å². The summed E-state index contributed by atoms with van der Waals surface area (Å²) in [5, 5.41) is 11.8. The fraction of sp³-hybridized carbons (Fsp3) is 0.458. The van der Waals surface area contributed by atoms with Gasteiger partial charge in [-0.1, -0.05) is 30.3 Å². The van der Waals surface area contributed by atoms with E-state index in [1.165, 1.54) is 6.33 Å². The van der Waals surface area contributed by atoms with Crippen LogP contribution < -0.4 is 10.2 Å². The number of aromatic nitrogens is 5. The lowest BCUT2D eigenvalue weighted by Gasteiger charge is -2.37. The number of amides is 2. The molecule has 0 unspecified atom stereocenters. The van der Waals surface area contributed by atoms with E-state index in [1.807, 2.05) is 41.1 Å². The minimum atomic E-state index is -0.675. The van der Waals surface area contributed by atoms with Crippen LogP contribution in [0.15, 0.2) is 42.7 Å². The first kappa shape index (κ1) is 23.2. The van der Waals surface area contributed by atoms with Gasteiger partial charge in [0.1, 0.15) is 18.2 Å². The Morgan fingerprint density at radius 2 is 2.00 bits per heavy atom. The van der Waals surface area contributed by atoms with Gasteiger partial charge >= 0.3 is 0 Å². The second kappa shape index (κ2) is 9.96. The quantitative estimate of drug-likeness (QED) is 0.504. The van der Waals surface area contributed by atoms with Crippen molar-refractivity contribution in [2.75, 3.05) is 38.7 Å². The van der Waals surface area contributed by atoms with Gasteiger partial charge in [-0.05, 0) is 12.0 Å². The van der Waals surface area contributed by atoms with Crippen LogP contribution in [0.3, 0.4) is 0 Å². The average molecular weight is 479 g/mol. The molecule has 4 heterocycles. The lowest BCUT2D eigenvalue weighted by atomic mass is 10.1. The number of nitrogens with one attached hydrogen (secondary N) is 1. The Hall–Kier alpha value is -3.57. The summed E-state index contributed by atoms with van der Waals surface area (Å²) in [6, 6.07) is 11.1. The molecule has 3 aromatic rings. The van der Waals surface area contributed by atoms with E-state index in [2.05, 4.69) is 20.3 Å². The minimum absolute atomic E-state index is 0.0439. The van der Waals surface area contributed by atoms with Crippen LogP contribution in [0.5, 0.6) is 0 Å². The van der Waals surface area contributed by atoms with Crippen molar-refractivity contribution < 1.29 is 14.3 Å². The molecule has 11 heteroatoms. The highest BCUT2D eigenvalue weighted by Crippen LogP contribution is 2.22. The van der Waals surface area contributed by atoms with E-state index in [-0.39, 0.29) is 11.7 Å². The largest absolute Gasteiger partial charge is 0.379 e. The summed E-state index contributed by atoms with van der Waals surface area (Å²) in [4.78, 5) is 33.9. The van der Waals surface area contributed by atoms with Gasteiger partial charge in [0.15, 0.2) is 0 Å². The number of anilines is 1. The first-order valence-corrected chi connectivity index (χ1v) is 11.8. The van der Waals surface area contributed by atoms with Gasteiger partial charge in [-0.25, -0.2) is 14.3 Å². The van der Waals surface area contributed by atoms with Crippen LogP contribution in [0.2, 0.25) is 0 Å². The number of fused-ring (bicyclic) bond motifs is 1. The van der Waals surface area contributed by atoms with E-state index < -0.39 is 11.9 Å². The third-order valence-electron chi connectivity index (χ3n) is 6.58. The number of benzene rings is 1. The molecule has 35 heavy (non-hydrogen) atoms. The summed E-state index contributed by atoms with van der Waals surface area (Å²) < 4.78 is 8.78.